The summed E-state index contributed by atoms with van der Waals surface area (Å²) in [6.07, 6.45) is 4.21. The lowest BCUT2D eigenvalue weighted by atomic mass is 9.75. The molecule has 88 valence electrons. The summed E-state index contributed by atoms with van der Waals surface area (Å²) in [4.78, 5) is 12.3. The van der Waals surface area contributed by atoms with Gasteiger partial charge in [-0.3, -0.25) is 9.89 Å². The molecular weight excluding hydrogens is 204 g/mol. The minimum absolute atomic E-state index is 0.0916. The third-order valence-electron chi connectivity index (χ3n) is 3.50. The minimum atomic E-state index is -0.280. The number of nitrogens with one attached hydrogen (secondary N) is 3. The zero-order valence-corrected chi connectivity index (χ0v) is 9.71. The fraction of sp³-hybridized carbons (Fsp3) is 0.636. The first-order chi connectivity index (χ1) is 7.65. The second-order valence-electron chi connectivity index (χ2n) is 4.68. The van der Waals surface area contributed by atoms with Crippen LogP contribution < -0.4 is 10.6 Å². The van der Waals surface area contributed by atoms with Crippen molar-refractivity contribution in [1.82, 2.24) is 15.5 Å². The Morgan fingerprint density at radius 3 is 2.94 bits per heavy atom. The van der Waals surface area contributed by atoms with Crippen LogP contribution in [0.5, 0.6) is 0 Å². The largest absolute Gasteiger partial charge is 0.323 e. The Morgan fingerprint density at radius 1 is 1.62 bits per heavy atom. The van der Waals surface area contributed by atoms with E-state index in [1.807, 2.05) is 0 Å². The molecule has 1 aliphatic rings. The molecule has 1 aromatic rings. The van der Waals surface area contributed by atoms with E-state index < -0.39 is 0 Å². The molecule has 1 unspecified atom stereocenters. The lowest BCUT2D eigenvalue weighted by Gasteiger charge is -2.30. The second kappa shape index (κ2) is 4.25. The number of carbonyl (C=O) groups excluding carboxylic acids is 1. The maximum absolute atomic E-state index is 12.3. The number of carbonyl (C=O) groups is 1. The molecule has 5 nitrogen and oxygen atoms in total. The van der Waals surface area contributed by atoms with Gasteiger partial charge in [-0.05, 0) is 18.9 Å². The van der Waals surface area contributed by atoms with Crippen LogP contribution in [0, 0.1) is 11.3 Å². The molecular formula is C11H18N4O. The molecule has 1 fully saturated rings. The van der Waals surface area contributed by atoms with E-state index in [2.05, 4.69) is 34.7 Å². The lowest BCUT2D eigenvalue weighted by molar-refractivity contribution is -0.126. The molecule has 1 saturated heterocycles. The first-order valence-corrected chi connectivity index (χ1v) is 5.66. The first kappa shape index (κ1) is 11.1. The van der Waals surface area contributed by atoms with Crippen LogP contribution in [0.1, 0.15) is 20.3 Å². The van der Waals surface area contributed by atoms with E-state index in [9.17, 15) is 4.79 Å². The smallest absolute Gasteiger partial charge is 0.232 e. The minimum Gasteiger partial charge on any atom is -0.323 e. The Morgan fingerprint density at radius 2 is 2.44 bits per heavy atom. The molecule has 1 amide bonds. The Hall–Kier alpha value is -1.36. The molecule has 2 rings (SSSR count). The molecule has 1 aliphatic heterocycles. The van der Waals surface area contributed by atoms with Gasteiger partial charge in [0.1, 0.15) is 0 Å². The highest BCUT2D eigenvalue weighted by atomic mass is 16.2. The van der Waals surface area contributed by atoms with Gasteiger partial charge in [-0.2, -0.15) is 5.10 Å². The number of H-pyrrole nitrogens is 1. The SMILES string of the molecule is CC(C)C1(C(=O)Nc2cn[nH]c2)CCNC1. The van der Waals surface area contributed by atoms with Crippen molar-refractivity contribution >= 4 is 11.6 Å². The molecule has 2 heterocycles. The standard InChI is InChI=1S/C11H18N4O/c1-8(2)11(3-4-12-7-11)10(16)15-9-5-13-14-6-9/h5-6,8,12H,3-4,7H2,1-2H3,(H,13,14)(H,15,16). The molecule has 0 aliphatic carbocycles. The van der Waals surface area contributed by atoms with Gasteiger partial charge in [0.15, 0.2) is 0 Å². The van der Waals surface area contributed by atoms with Gasteiger partial charge < -0.3 is 10.6 Å². The zero-order valence-electron chi connectivity index (χ0n) is 9.71. The lowest BCUT2D eigenvalue weighted by Crippen LogP contribution is -2.42. The van der Waals surface area contributed by atoms with E-state index in [1.165, 1.54) is 0 Å². The van der Waals surface area contributed by atoms with Crippen molar-refractivity contribution in [3.63, 3.8) is 0 Å². The summed E-state index contributed by atoms with van der Waals surface area (Å²) >= 11 is 0. The Kier molecular flexibility index (Phi) is 2.96. The third kappa shape index (κ3) is 1.82. The first-order valence-electron chi connectivity index (χ1n) is 5.66. The number of rotatable bonds is 3. The van der Waals surface area contributed by atoms with Crippen LogP contribution in [0.4, 0.5) is 5.69 Å². The quantitative estimate of drug-likeness (QED) is 0.714. The van der Waals surface area contributed by atoms with Gasteiger partial charge >= 0.3 is 0 Å². The fourth-order valence-corrected chi connectivity index (χ4v) is 2.23. The van der Waals surface area contributed by atoms with Crippen molar-refractivity contribution in [2.75, 3.05) is 18.4 Å². The van der Waals surface area contributed by atoms with Crippen molar-refractivity contribution in [1.29, 1.82) is 0 Å². The Bertz CT molecular complexity index is 352. The number of hydrogen-bond donors (Lipinski definition) is 3. The molecule has 0 saturated carbocycles. The van der Waals surface area contributed by atoms with E-state index in [0.717, 1.165) is 25.2 Å². The van der Waals surface area contributed by atoms with E-state index in [0.29, 0.717) is 5.92 Å². The third-order valence-corrected chi connectivity index (χ3v) is 3.50. The van der Waals surface area contributed by atoms with Gasteiger partial charge in [-0.15, -0.1) is 0 Å². The van der Waals surface area contributed by atoms with Crippen molar-refractivity contribution in [3.8, 4) is 0 Å². The van der Waals surface area contributed by atoms with Crippen molar-refractivity contribution in [3.05, 3.63) is 12.4 Å². The second-order valence-corrected chi connectivity index (χ2v) is 4.68. The molecule has 0 bridgehead atoms. The summed E-state index contributed by atoms with van der Waals surface area (Å²) in [5, 5.41) is 12.7. The van der Waals surface area contributed by atoms with Crippen molar-refractivity contribution < 1.29 is 4.79 Å². The molecule has 1 atom stereocenters. The topological polar surface area (TPSA) is 69.8 Å². The van der Waals surface area contributed by atoms with Crippen molar-refractivity contribution in [2.24, 2.45) is 11.3 Å². The van der Waals surface area contributed by atoms with Gasteiger partial charge in [-0.25, -0.2) is 0 Å². The van der Waals surface area contributed by atoms with E-state index >= 15 is 0 Å². The molecule has 3 N–H and O–H groups in total. The van der Waals surface area contributed by atoms with Crippen LogP contribution in [-0.2, 0) is 4.79 Å². The number of hydrogen-bond acceptors (Lipinski definition) is 3. The molecule has 0 aromatic carbocycles. The van der Waals surface area contributed by atoms with Crippen LogP contribution in [0.2, 0.25) is 0 Å². The molecule has 5 heteroatoms. The Balaban J connectivity index is 2.12. The van der Waals surface area contributed by atoms with Crippen LogP contribution >= 0.6 is 0 Å². The molecule has 16 heavy (non-hydrogen) atoms. The molecule has 0 spiro atoms. The zero-order chi connectivity index (χ0) is 11.6. The van der Waals surface area contributed by atoms with Crippen LogP contribution in [0.3, 0.4) is 0 Å². The summed E-state index contributed by atoms with van der Waals surface area (Å²) < 4.78 is 0. The van der Waals surface area contributed by atoms with Crippen molar-refractivity contribution in [2.45, 2.75) is 20.3 Å². The number of aromatic nitrogens is 2. The van der Waals surface area contributed by atoms with Gasteiger partial charge in [0, 0.05) is 12.7 Å². The maximum Gasteiger partial charge on any atom is 0.232 e. The van der Waals surface area contributed by atoms with Crippen LogP contribution in [0.15, 0.2) is 12.4 Å². The highest BCUT2D eigenvalue weighted by Crippen LogP contribution is 2.35. The summed E-state index contributed by atoms with van der Waals surface area (Å²) in [5.74, 6) is 0.420. The van der Waals surface area contributed by atoms with Gasteiger partial charge in [-0.1, -0.05) is 13.8 Å². The highest BCUT2D eigenvalue weighted by Gasteiger charge is 2.43. The Labute approximate surface area is 95.0 Å². The normalized spacial score (nSPS) is 24.9. The summed E-state index contributed by atoms with van der Waals surface area (Å²) in [6.45, 7) is 5.87. The monoisotopic (exact) mass is 222 g/mol. The number of nitrogens with zero attached hydrogens (tertiary/aromatic N) is 1. The summed E-state index contributed by atoms with van der Waals surface area (Å²) in [6, 6.07) is 0. The number of anilines is 1. The maximum atomic E-state index is 12.3. The number of amides is 1. The van der Waals surface area contributed by atoms with Gasteiger partial charge in [0.2, 0.25) is 5.91 Å². The average molecular weight is 222 g/mol. The highest BCUT2D eigenvalue weighted by molar-refractivity contribution is 5.95. The van der Waals surface area contributed by atoms with Crippen LogP contribution in [-0.4, -0.2) is 29.2 Å². The predicted octanol–water partition coefficient (Wildman–Crippen LogP) is 0.984. The summed E-state index contributed by atoms with van der Waals surface area (Å²) in [7, 11) is 0. The average Bonchev–Trinajstić information content (AvgIpc) is 2.87. The van der Waals surface area contributed by atoms with Gasteiger partial charge in [0.05, 0.1) is 17.3 Å². The van der Waals surface area contributed by atoms with Gasteiger partial charge in [0.25, 0.3) is 0 Å². The van der Waals surface area contributed by atoms with E-state index in [4.69, 9.17) is 0 Å². The predicted molar refractivity (Wildman–Crippen MR) is 62.0 cm³/mol. The molecule has 0 radical (unpaired) electrons. The van der Waals surface area contributed by atoms with Crippen LogP contribution in [0.25, 0.3) is 0 Å². The van der Waals surface area contributed by atoms with E-state index in [-0.39, 0.29) is 11.3 Å². The number of aromatic amines is 1. The summed E-state index contributed by atoms with van der Waals surface area (Å²) in [5.41, 5.74) is 0.453. The fourth-order valence-electron chi connectivity index (χ4n) is 2.23. The molecule has 1 aromatic heterocycles. The van der Waals surface area contributed by atoms with E-state index in [1.54, 1.807) is 12.4 Å².